The quantitative estimate of drug-likeness (QED) is 0.725. The van der Waals surface area contributed by atoms with Gasteiger partial charge in [-0.25, -0.2) is 4.39 Å². The van der Waals surface area contributed by atoms with E-state index in [1.54, 1.807) is 24.1 Å². The Morgan fingerprint density at radius 2 is 1.65 bits per heavy atom. The maximum atomic E-state index is 12.9. The van der Waals surface area contributed by atoms with E-state index < -0.39 is 0 Å². The van der Waals surface area contributed by atoms with Gasteiger partial charge in [0, 0.05) is 20.1 Å². The summed E-state index contributed by atoms with van der Waals surface area (Å²) in [6, 6.07) is 12.3. The lowest BCUT2D eigenvalue weighted by Crippen LogP contribution is -2.37. The fourth-order valence-corrected chi connectivity index (χ4v) is 2.72. The summed E-state index contributed by atoms with van der Waals surface area (Å²) in [7, 11) is 3.65. The molecule has 0 bridgehead atoms. The number of amides is 1. The molecule has 0 unspecified atom stereocenters. The molecule has 0 aliphatic carbocycles. The van der Waals surface area contributed by atoms with E-state index in [2.05, 4.69) is 6.07 Å². The average molecular weight is 358 g/mol. The van der Waals surface area contributed by atoms with Gasteiger partial charge in [-0.15, -0.1) is 0 Å². The van der Waals surface area contributed by atoms with Crippen LogP contribution in [-0.4, -0.2) is 49.5 Å². The summed E-state index contributed by atoms with van der Waals surface area (Å²) in [6.45, 7) is 6.04. The molecular formula is C21H27FN2O2. The van der Waals surface area contributed by atoms with Crippen LogP contribution in [0.5, 0.6) is 5.75 Å². The van der Waals surface area contributed by atoms with E-state index in [9.17, 15) is 9.18 Å². The molecule has 0 fully saturated rings. The summed E-state index contributed by atoms with van der Waals surface area (Å²) < 4.78 is 18.7. The van der Waals surface area contributed by atoms with E-state index in [0.29, 0.717) is 26.2 Å². The summed E-state index contributed by atoms with van der Waals surface area (Å²) in [5, 5.41) is 0. The molecule has 0 aromatic heterocycles. The Morgan fingerprint density at radius 3 is 2.27 bits per heavy atom. The normalized spacial score (nSPS) is 10.8. The topological polar surface area (TPSA) is 32.8 Å². The average Bonchev–Trinajstić information content (AvgIpc) is 2.56. The number of hydrogen-bond acceptors (Lipinski definition) is 3. The molecular weight excluding hydrogens is 331 g/mol. The van der Waals surface area contributed by atoms with Gasteiger partial charge < -0.3 is 9.64 Å². The van der Waals surface area contributed by atoms with Crippen LogP contribution < -0.4 is 4.74 Å². The van der Waals surface area contributed by atoms with Gasteiger partial charge in [-0.3, -0.25) is 9.69 Å². The van der Waals surface area contributed by atoms with Crippen LogP contribution in [0, 0.1) is 19.7 Å². The SMILES string of the molecule is Cc1cc(C)cc(OCCN(C)CC(=O)N(C)Cc2ccc(F)cc2)c1. The molecule has 2 aromatic rings. The van der Waals surface area contributed by atoms with Crippen molar-refractivity contribution in [1.29, 1.82) is 0 Å². The zero-order valence-electron chi connectivity index (χ0n) is 16.0. The van der Waals surface area contributed by atoms with Gasteiger partial charge in [0.25, 0.3) is 0 Å². The lowest BCUT2D eigenvalue weighted by molar-refractivity contribution is -0.131. The molecule has 0 heterocycles. The monoisotopic (exact) mass is 358 g/mol. The third-order valence-corrected chi connectivity index (χ3v) is 4.10. The number of nitrogens with zero attached hydrogens (tertiary/aromatic N) is 2. The highest BCUT2D eigenvalue weighted by Crippen LogP contribution is 2.16. The highest BCUT2D eigenvalue weighted by atomic mass is 19.1. The van der Waals surface area contributed by atoms with Gasteiger partial charge in [-0.2, -0.15) is 0 Å². The summed E-state index contributed by atoms with van der Waals surface area (Å²) >= 11 is 0. The Morgan fingerprint density at radius 1 is 1.04 bits per heavy atom. The molecule has 0 spiro atoms. The molecule has 4 nitrogen and oxygen atoms in total. The number of aryl methyl sites for hydroxylation is 2. The van der Waals surface area contributed by atoms with Crippen molar-refractivity contribution in [3.63, 3.8) is 0 Å². The molecule has 26 heavy (non-hydrogen) atoms. The second-order valence-electron chi connectivity index (χ2n) is 6.79. The van der Waals surface area contributed by atoms with Gasteiger partial charge in [-0.1, -0.05) is 18.2 Å². The number of carbonyl (C=O) groups is 1. The smallest absolute Gasteiger partial charge is 0.236 e. The molecule has 5 heteroatoms. The number of hydrogen-bond donors (Lipinski definition) is 0. The standard InChI is InChI=1S/C21H27FN2O2/c1-16-11-17(2)13-20(12-16)26-10-9-23(3)15-21(25)24(4)14-18-5-7-19(22)8-6-18/h5-8,11-13H,9-10,14-15H2,1-4H3. The molecule has 1 amide bonds. The van der Waals surface area contributed by atoms with Crippen molar-refractivity contribution in [2.45, 2.75) is 20.4 Å². The Labute approximate surface area is 155 Å². The molecule has 2 rings (SSSR count). The van der Waals surface area contributed by atoms with Gasteiger partial charge in [0.1, 0.15) is 18.2 Å². The number of halogens is 1. The van der Waals surface area contributed by atoms with Gasteiger partial charge in [0.05, 0.1) is 6.54 Å². The minimum absolute atomic E-state index is 0.0169. The molecule has 0 saturated carbocycles. The lowest BCUT2D eigenvalue weighted by atomic mass is 10.1. The number of likely N-dealkylation sites (N-methyl/N-ethyl adjacent to an activating group) is 2. The number of carbonyl (C=O) groups excluding carboxylic acids is 1. The molecule has 0 aliphatic rings. The first kappa shape index (κ1) is 19.9. The molecule has 0 radical (unpaired) electrons. The van der Waals surface area contributed by atoms with E-state index in [1.165, 1.54) is 23.3 Å². The van der Waals surface area contributed by atoms with Crippen LogP contribution in [0.2, 0.25) is 0 Å². The Bertz CT molecular complexity index is 711. The Balaban J connectivity index is 1.74. The number of rotatable bonds is 8. The van der Waals surface area contributed by atoms with E-state index in [1.807, 2.05) is 37.9 Å². The van der Waals surface area contributed by atoms with Crippen LogP contribution in [0.15, 0.2) is 42.5 Å². The predicted octanol–water partition coefficient (Wildman–Crippen LogP) is 3.41. The largest absolute Gasteiger partial charge is 0.492 e. The van der Waals surface area contributed by atoms with E-state index in [-0.39, 0.29) is 11.7 Å². The second kappa shape index (κ2) is 9.34. The van der Waals surface area contributed by atoms with E-state index in [0.717, 1.165) is 11.3 Å². The van der Waals surface area contributed by atoms with Crippen molar-refractivity contribution in [3.05, 3.63) is 65.0 Å². The Kier molecular flexibility index (Phi) is 7.16. The van der Waals surface area contributed by atoms with Crippen molar-refractivity contribution in [2.24, 2.45) is 0 Å². The third-order valence-electron chi connectivity index (χ3n) is 4.10. The molecule has 0 saturated heterocycles. The van der Waals surface area contributed by atoms with E-state index in [4.69, 9.17) is 4.74 Å². The summed E-state index contributed by atoms with van der Waals surface area (Å²) in [5.41, 5.74) is 3.25. The third kappa shape index (κ3) is 6.48. The first-order valence-corrected chi connectivity index (χ1v) is 8.71. The minimum atomic E-state index is -0.272. The molecule has 140 valence electrons. The zero-order valence-corrected chi connectivity index (χ0v) is 16.0. The van der Waals surface area contributed by atoms with Gasteiger partial charge in [-0.05, 0) is 61.9 Å². The summed E-state index contributed by atoms with van der Waals surface area (Å²) in [6.07, 6.45) is 0. The molecule has 2 aromatic carbocycles. The second-order valence-corrected chi connectivity index (χ2v) is 6.79. The van der Waals surface area contributed by atoms with Crippen molar-refractivity contribution in [1.82, 2.24) is 9.80 Å². The van der Waals surface area contributed by atoms with E-state index >= 15 is 0 Å². The summed E-state index contributed by atoms with van der Waals surface area (Å²) in [4.78, 5) is 15.9. The van der Waals surface area contributed by atoms with Crippen LogP contribution in [-0.2, 0) is 11.3 Å². The minimum Gasteiger partial charge on any atom is -0.492 e. The van der Waals surface area contributed by atoms with Crippen LogP contribution in [0.25, 0.3) is 0 Å². The van der Waals surface area contributed by atoms with Gasteiger partial charge in [0.2, 0.25) is 5.91 Å². The van der Waals surface area contributed by atoms with Crippen molar-refractivity contribution >= 4 is 5.91 Å². The highest BCUT2D eigenvalue weighted by molar-refractivity contribution is 5.77. The van der Waals surface area contributed by atoms with Crippen LogP contribution in [0.1, 0.15) is 16.7 Å². The fraction of sp³-hybridized carbons (Fsp3) is 0.381. The van der Waals surface area contributed by atoms with Crippen LogP contribution in [0.3, 0.4) is 0 Å². The lowest BCUT2D eigenvalue weighted by Gasteiger charge is -2.22. The van der Waals surface area contributed by atoms with Crippen LogP contribution >= 0.6 is 0 Å². The predicted molar refractivity (Wildman–Crippen MR) is 102 cm³/mol. The maximum absolute atomic E-state index is 12.9. The molecule has 0 aliphatic heterocycles. The summed E-state index contributed by atoms with van der Waals surface area (Å²) in [5.74, 6) is 0.602. The first-order valence-electron chi connectivity index (χ1n) is 8.71. The Hall–Kier alpha value is -2.40. The first-order chi connectivity index (χ1) is 12.3. The van der Waals surface area contributed by atoms with Crippen molar-refractivity contribution in [2.75, 3.05) is 33.8 Å². The maximum Gasteiger partial charge on any atom is 0.236 e. The number of benzene rings is 2. The fourth-order valence-electron chi connectivity index (χ4n) is 2.72. The van der Waals surface area contributed by atoms with Crippen molar-refractivity contribution in [3.8, 4) is 5.75 Å². The van der Waals surface area contributed by atoms with Gasteiger partial charge in [0.15, 0.2) is 0 Å². The highest BCUT2D eigenvalue weighted by Gasteiger charge is 2.12. The molecule has 0 atom stereocenters. The van der Waals surface area contributed by atoms with Crippen molar-refractivity contribution < 1.29 is 13.9 Å². The number of ether oxygens (including phenoxy) is 1. The van der Waals surface area contributed by atoms with Gasteiger partial charge >= 0.3 is 0 Å². The zero-order chi connectivity index (χ0) is 19.1. The van der Waals surface area contributed by atoms with Crippen LogP contribution in [0.4, 0.5) is 4.39 Å². The molecule has 0 N–H and O–H groups in total.